The molecule has 5 nitrogen and oxygen atoms in total. The second kappa shape index (κ2) is 5.55. The molecule has 0 aliphatic carbocycles. The Bertz CT molecular complexity index is 733. The third kappa shape index (κ3) is 2.90. The topological polar surface area (TPSA) is 55.2 Å². The summed E-state index contributed by atoms with van der Waals surface area (Å²) in [5.41, 5.74) is 0.986. The Morgan fingerprint density at radius 3 is 2.76 bits per heavy atom. The lowest BCUT2D eigenvalue weighted by atomic mass is 9.96. The number of hydrogen-bond donors (Lipinski definition) is 0. The normalized spacial score (nSPS) is 20.8. The van der Waals surface area contributed by atoms with Gasteiger partial charge in [-0.1, -0.05) is 0 Å². The van der Waals surface area contributed by atoms with Gasteiger partial charge in [-0.2, -0.15) is 9.40 Å². The van der Waals surface area contributed by atoms with E-state index in [0.717, 1.165) is 23.4 Å². The van der Waals surface area contributed by atoms with Crippen LogP contribution in [0.4, 0.5) is 0 Å². The van der Waals surface area contributed by atoms with E-state index in [1.807, 2.05) is 32.3 Å². The molecule has 3 heterocycles. The molecular formula is C14H19N3O2S2. The van der Waals surface area contributed by atoms with E-state index in [1.54, 1.807) is 15.1 Å². The SMILES string of the molecule is Cc1ccc(S(=O)(=O)N2CCC[C@H](c3ccn(C)n3)C2)s1. The van der Waals surface area contributed by atoms with E-state index in [0.29, 0.717) is 17.3 Å². The van der Waals surface area contributed by atoms with Gasteiger partial charge in [0.15, 0.2) is 0 Å². The predicted octanol–water partition coefficient (Wildman–Crippen LogP) is 2.36. The molecule has 0 aromatic carbocycles. The molecule has 0 amide bonds. The molecule has 1 aliphatic heterocycles. The lowest BCUT2D eigenvalue weighted by molar-refractivity contribution is 0.312. The van der Waals surface area contributed by atoms with Gasteiger partial charge in [-0.3, -0.25) is 4.68 Å². The van der Waals surface area contributed by atoms with Gasteiger partial charge in [0.2, 0.25) is 0 Å². The molecule has 0 N–H and O–H groups in total. The second-order valence-electron chi connectivity index (χ2n) is 5.48. The highest BCUT2D eigenvalue weighted by molar-refractivity contribution is 7.91. The van der Waals surface area contributed by atoms with Gasteiger partial charge in [-0.05, 0) is 38.0 Å². The molecule has 3 rings (SSSR count). The summed E-state index contributed by atoms with van der Waals surface area (Å²) in [7, 11) is -1.47. The highest BCUT2D eigenvalue weighted by Crippen LogP contribution is 2.31. The number of piperidine rings is 1. The van der Waals surface area contributed by atoms with Crippen molar-refractivity contribution in [2.45, 2.75) is 29.9 Å². The molecule has 0 bridgehead atoms. The third-order valence-corrected chi connectivity index (χ3v) is 7.18. The fourth-order valence-corrected chi connectivity index (χ4v) is 5.69. The Morgan fingerprint density at radius 1 is 1.33 bits per heavy atom. The number of hydrogen-bond acceptors (Lipinski definition) is 4. The van der Waals surface area contributed by atoms with Gasteiger partial charge in [-0.25, -0.2) is 8.42 Å². The van der Waals surface area contributed by atoms with Crippen LogP contribution in [0.1, 0.15) is 29.3 Å². The first-order chi connectivity index (χ1) is 9.96. The smallest absolute Gasteiger partial charge is 0.252 e. The number of rotatable bonds is 3. The first-order valence-corrected chi connectivity index (χ1v) is 9.28. The molecule has 2 aromatic heterocycles. The molecule has 1 fully saturated rings. The molecule has 21 heavy (non-hydrogen) atoms. The summed E-state index contributed by atoms with van der Waals surface area (Å²) in [5.74, 6) is 0.191. The molecular weight excluding hydrogens is 306 g/mol. The Morgan fingerprint density at radius 2 is 2.14 bits per heavy atom. The minimum Gasteiger partial charge on any atom is -0.276 e. The summed E-state index contributed by atoms with van der Waals surface area (Å²) < 4.78 is 29.2. The fourth-order valence-electron chi connectivity index (χ4n) is 2.73. The zero-order chi connectivity index (χ0) is 15.0. The zero-order valence-electron chi connectivity index (χ0n) is 12.2. The van der Waals surface area contributed by atoms with Gasteiger partial charge >= 0.3 is 0 Å². The monoisotopic (exact) mass is 325 g/mol. The summed E-state index contributed by atoms with van der Waals surface area (Å²) in [6.07, 6.45) is 3.78. The van der Waals surface area contributed by atoms with E-state index in [2.05, 4.69) is 5.10 Å². The van der Waals surface area contributed by atoms with Crippen LogP contribution in [0.5, 0.6) is 0 Å². The Kier molecular flexibility index (Phi) is 3.90. The van der Waals surface area contributed by atoms with E-state index in [4.69, 9.17) is 0 Å². The van der Waals surface area contributed by atoms with Gasteiger partial charge in [0.1, 0.15) is 4.21 Å². The number of aromatic nitrogens is 2. The van der Waals surface area contributed by atoms with Gasteiger partial charge < -0.3 is 0 Å². The zero-order valence-corrected chi connectivity index (χ0v) is 13.8. The first-order valence-electron chi connectivity index (χ1n) is 7.03. The largest absolute Gasteiger partial charge is 0.276 e. The van der Waals surface area contributed by atoms with Crippen molar-refractivity contribution in [2.75, 3.05) is 13.1 Å². The van der Waals surface area contributed by atoms with Crippen molar-refractivity contribution in [1.82, 2.24) is 14.1 Å². The van der Waals surface area contributed by atoms with Crippen molar-refractivity contribution in [3.8, 4) is 0 Å². The molecule has 0 saturated carbocycles. The molecule has 2 aromatic rings. The maximum Gasteiger partial charge on any atom is 0.252 e. The number of sulfonamides is 1. The molecule has 1 aliphatic rings. The van der Waals surface area contributed by atoms with Crippen LogP contribution in [0.2, 0.25) is 0 Å². The quantitative estimate of drug-likeness (QED) is 0.870. The summed E-state index contributed by atoms with van der Waals surface area (Å²) in [5, 5.41) is 4.43. The number of aryl methyl sites for hydroxylation is 2. The van der Waals surface area contributed by atoms with Crippen molar-refractivity contribution >= 4 is 21.4 Å². The molecule has 1 atom stereocenters. The Balaban J connectivity index is 1.83. The van der Waals surface area contributed by atoms with Crippen LogP contribution in [0, 0.1) is 6.92 Å². The Labute approximate surface area is 129 Å². The molecule has 114 valence electrons. The van der Waals surface area contributed by atoms with E-state index in [9.17, 15) is 8.42 Å². The van der Waals surface area contributed by atoms with Crippen molar-refractivity contribution < 1.29 is 8.42 Å². The van der Waals surface area contributed by atoms with Crippen LogP contribution in [0.25, 0.3) is 0 Å². The molecule has 1 saturated heterocycles. The van der Waals surface area contributed by atoms with Gasteiger partial charge in [0, 0.05) is 37.1 Å². The van der Waals surface area contributed by atoms with Crippen molar-refractivity contribution in [3.05, 3.63) is 35.0 Å². The van der Waals surface area contributed by atoms with E-state index >= 15 is 0 Å². The third-order valence-electron chi connectivity index (χ3n) is 3.85. The summed E-state index contributed by atoms with van der Waals surface area (Å²) in [6.45, 7) is 3.05. The van der Waals surface area contributed by atoms with Gasteiger partial charge in [0.25, 0.3) is 10.0 Å². The van der Waals surface area contributed by atoms with Crippen molar-refractivity contribution in [3.63, 3.8) is 0 Å². The lowest BCUT2D eigenvalue weighted by Gasteiger charge is -2.30. The maximum atomic E-state index is 12.7. The number of thiophene rings is 1. The first kappa shape index (κ1) is 14.7. The van der Waals surface area contributed by atoms with Crippen molar-refractivity contribution in [1.29, 1.82) is 0 Å². The summed E-state index contributed by atoms with van der Waals surface area (Å²) >= 11 is 1.34. The van der Waals surface area contributed by atoms with Crippen molar-refractivity contribution in [2.24, 2.45) is 7.05 Å². The summed E-state index contributed by atoms with van der Waals surface area (Å²) in [4.78, 5) is 1.02. The van der Waals surface area contributed by atoms with Gasteiger partial charge in [0.05, 0.1) is 5.69 Å². The predicted molar refractivity (Wildman–Crippen MR) is 83.0 cm³/mol. The minimum atomic E-state index is -3.36. The standard InChI is InChI=1S/C14H19N3O2S2/c1-11-5-6-14(20-11)21(18,19)17-8-3-4-12(10-17)13-7-9-16(2)15-13/h5-7,9,12H,3-4,8,10H2,1-2H3/t12-/m0/s1. The minimum absolute atomic E-state index is 0.191. The molecule has 7 heteroatoms. The lowest BCUT2D eigenvalue weighted by Crippen LogP contribution is -2.38. The van der Waals surface area contributed by atoms with Crippen LogP contribution in [0.15, 0.2) is 28.6 Å². The molecule has 0 radical (unpaired) electrons. The van der Waals surface area contributed by atoms with Crippen LogP contribution in [0.3, 0.4) is 0 Å². The average Bonchev–Trinajstić information content (AvgIpc) is 3.08. The summed E-state index contributed by atoms with van der Waals surface area (Å²) in [6, 6.07) is 5.55. The Hall–Kier alpha value is -1.18. The van der Waals surface area contributed by atoms with E-state index in [1.165, 1.54) is 11.3 Å². The highest BCUT2D eigenvalue weighted by atomic mass is 32.2. The van der Waals surface area contributed by atoms with E-state index in [-0.39, 0.29) is 5.92 Å². The van der Waals surface area contributed by atoms with Gasteiger partial charge in [-0.15, -0.1) is 11.3 Å². The highest BCUT2D eigenvalue weighted by Gasteiger charge is 2.32. The van der Waals surface area contributed by atoms with Crippen LogP contribution >= 0.6 is 11.3 Å². The van der Waals surface area contributed by atoms with Crippen LogP contribution < -0.4 is 0 Å². The average molecular weight is 325 g/mol. The molecule has 0 unspecified atom stereocenters. The maximum absolute atomic E-state index is 12.7. The van der Waals surface area contributed by atoms with Crippen LogP contribution in [-0.4, -0.2) is 35.6 Å². The molecule has 0 spiro atoms. The van der Waals surface area contributed by atoms with Crippen LogP contribution in [-0.2, 0) is 17.1 Å². The fraction of sp³-hybridized carbons (Fsp3) is 0.500. The number of nitrogens with zero attached hydrogens (tertiary/aromatic N) is 3. The second-order valence-corrected chi connectivity index (χ2v) is 8.93. The van der Waals surface area contributed by atoms with E-state index < -0.39 is 10.0 Å².